The van der Waals surface area contributed by atoms with Gasteiger partial charge in [0.15, 0.2) is 0 Å². The lowest BCUT2D eigenvalue weighted by Gasteiger charge is -2.20. The standard InChI is InChI=1S/C21H21F3N2O2/c22-21(23,24)17-10-3-4-11-18(17)25-19(27)15-8-7-9-16(14-15)20(28)26-12-5-1-2-6-13-26/h3-4,7-11,14H,1-2,5-6,12-13H2,(H,25,27). The minimum absolute atomic E-state index is 0.137. The van der Waals surface area contributed by atoms with Crippen LogP contribution in [-0.4, -0.2) is 29.8 Å². The topological polar surface area (TPSA) is 49.4 Å². The number of nitrogens with zero attached hydrogens (tertiary/aromatic N) is 1. The van der Waals surface area contributed by atoms with E-state index in [0.29, 0.717) is 18.7 Å². The maximum absolute atomic E-state index is 13.1. The highest BCUT2D eigenvalue weighted by molar-refractivity contribution is 6.06. The van der Waals surface area contributed by atoms with E-state index in [1.807, 2.05) is 0 Å². The van der Waals surface area contributed by atoms with Crippen LogP contribution in [0.3, 0.4) is 0 Å². The van der Waals surface area contributed by atoms with Crippen LogP contribution in [0.4, 0.5) is 18.9 Å². The lowest BCUT2D eigenvalue weighted by atomic mass is 10.1. The third kappa shape index (κ3) is 4.71. The summed E-state index contributed by atoms with van der Waals surface area (Å²) in [4.78, 5) is 27.0. The highest BCUT2D eigenvalue weighted by Crippen LogP contribution is 2.34. The van der Waals surface area contributed by atoms with Gasteiger partial charge < -0.3 is 10.2 Å². The van der Waals surface area contributed by atoms with Crippen molar-refractivity contribution in [1.82, 2.24) is 4.90 Å². The van der Waals surface area contributed by atoms with Crippen molar-refractivity contribution in [3.63, 3.8) is 0 Å². The van der Waals surface area contributed by atoms with E-state index in [1.165, 1.54) is 30.3 Å². The van der Waals surface area contributed by atoms with Crippen molar-refractivity contribution in [3.8, 4) is 0 Å². The van der Waals surface area contributed by atoms with Gasteiger partial charge in [-0.25, -0.2) is 0 Å². The molecule has 0 spiro atoms. The molecule has 0 atom stereocenters. The number of halogens is 3. The Kier molecular flexibility index (Phi) is 6.02. The number of likely N-dealkylation sites (tertiary alicyclic amines) is 1. The minimum atomic E-state index is -4.57. The molecular weight excluding hydrogens is 369 g/mol. The van der Waals surface area contributed by atoms with Gasteiger partial charge in [0, 0.05) is 24.2 Å². The van der Waals surface area contributed by atoms with Gasteiger partial charge in [0.05, 0.1) is 11.3 Å². The van der Waals surface area contributed by atoms with Crippen LogP contribution in [0.1, 0.15) is 52.0 Å². The molecule has 1 N–H and O–H groups in total. The van der Waals surface area contributed by atoms with Gasteiger partial charge in [-0.15, -0.1) is 0 Å². The highest BCUT2D eigenvalue weighted by Gasteiger charge is 2.33. The number of carbonyl (C=O) groups excluding carboxylic acids is 2. The van der Waals surface area contributed by atoms with E-state index in [1.54, 1.807) is 17.0 Å². The molecule has 0 aliphatic carbocycles. The average Bonchev–Trinajstić information content (AvgIpc) is 2.96. The fraction of sp³-hybridized carbons (Fsp3) is 0.333. The van der Waals surface area contributed by atoms with Crippen molar-refractivity contribution in [2.24, 2.45) is 0 Å². The first kappa shape index (κ1) is 19.9. The van der Waals surface area contributed by atoms with Crippen LogP contribution < -0.4 is 5.32 Å². The maximum Gasteiger partial charge on any atom is 0.418 e. The van der Waals surface area contributed by atoms with E-state index in [0.717, 1.165) is 31.7 Å². The molecule has 1 saturated heterocycles. The predicted octanol–water partition coefficient (Wildman–Crippen LogP) is 4.97. The van der Waals surface area contributed by atoms with E-state index in [9.17, 15) is 22.8 Å². The quantitative estimate of drug-likeness (QED) is 0.804. The molecule has 0 saturated carbocycles. The van der Waals surface area contributed by atoms with Crippen LogP contribution in [0.5, 0.6) is 0 Å². The molecule has 0 radical (unpaired) electrons. The number of hydrogen-bond donors (Lipinski definition) is 1. The molecule has 2 aromatic rings. The normalized spacial score (nSPS) is 15.0. The molecule has 2 amide bonds. The summed E-state index contributed by atoms with van der Waals surface area (Å²) in [7, 11) is 0. The van der Waals surface area contributed by atoms with Gasteiger partial charge >= 0.3 is 6.18 Å². The van der Waals surface area contributed by atoms with Crippen LogP contribution in [0.25, 0.3) is 0 Å². The second-order valence-corrected chi connectivity index (χ2v) is 6.78. The zero-order valence-electron chi connectivity index (χ0n) is 15.3. The number of hydrogen-bond acceptors (Lipinski definition) is 2. The van der Waals surface area contributed by atoms with Crippen molar-refractivity contribution < 1.29 is 22.8 Å². The lowest BCUT2D eigenvalue weighted by Crippen LogP contribution is -2.32. The Hall–Kier alpha value is -2.83. The number of benzene rings is 2. The molecule has 0 bridgehead atoms. The molecule has 4 nitrogen and oxygen atoms in total. The van der Waals surface area contributed by atoms with Gasteiger partial charge in [-0.05, 0) is 43.2 Å². The minimum Gasteiger partial charge on any atom is -0.339 e. The Bertz CT molecular complexity index is 857. The number of rotatable bonds is 3. The summed E-state index contributed by atoms with van der Waals surface area (Å²) in [5, 5.41) is 2.31. The molecule has 7 heteroatoms. The van der Waals surface area contributed by atoms with Crippen molar-refractivity contribution in [3.05, 3.63) is 65.2 Å². The van der Waals surface area contributed by atoms with Gasteiger partial charge in [-0.3, -0.25) is 9.59 Å². The first-order chi connectivity index (χ1) is 13.4. The Morgan fingerprint density at radius 1 is 0.857 bits per heavy atom. The van der Waals surface area contributed by atoms with Gasteiger partial charge in [-0.1, -0.05) is 31.0 Å². The molecule has 1 aliphatic rings. The molecular formula is C21H21F3N2O2. The molecule has 0 aromatic heterocycles. The second kappa shape index (κ2) is 8.46. The van der Waals surface area contributed by atoms with Crippen LogP contribution in [0.15, 0.2) is 48.5 Å². The van der Waals surface area contributed by atoms with Gasteiger partial charge in [0.25, 0.3) is 11.8 Å². The fourth-order valence-electron chi connectivity index (χ4n) is 3.28. The predicted molar refractivity (Wildman–Crippen MR) is 100 cm³/mol. The summed E-state index contributed by atoms with van der Waals surface area (Å²) in [5.41, 5.74) is -0.735. The molecule has 1 fully saturated rings. The smallest absolute Gasteiger partial charge is 0.339 e. The molecule has 0 unspecified atom stereocenters. The van der Waals surface area contributed by atoms with Crippen molar-refractivity contribution >= 4 is 17.5 Å². The molecule has 148 valence electrons. The molecule has 1 heterocycles. The lowest BCUT2D eigenvalue weighted by molar-refractivity contribution is -0.136. The monoisotopic (exact) mass is 390 g/mol. The van der Waals surface area contributed by atoms with E-state index in [-0.39, 0.29) is 17.2 Å². The Labute approximate surface area is 161 Å². The van der Waals surface area contributed by atoms with Crippen LogP contribution >= 0.6 is 0 Å². The number of alkyl halides is 3. The van der Waals surface area contributed by atoms with Gasteiger partial charge in [0.2, 0.25) is 0 Å². The van der Waals surface area contributed by atoms with Crippen LogP contribution in [0, 0.1) is 0 Å². The van der Waals surface area contributed by atoms with Crippen LogP contribution in [0.2, 0.25) is 0 Å². The summed E-state index contributed by atoms with van der Waals surface area (Å²) in [6, 6.07) is 10.9. The summed E-state index contributed by atoms with van der Waals surface area (Å²) in [6.45, 7) is 1.35. The SMILES string of the molecule is O=C(Nc1ccccc1C(F)(F)F)c1cccc(C(=O)N2CCCCCC2)c1. The summed E-state index contributed by atoms with van der Waals surface area (Å²) < 4.78 is 39.3. The average molecular weight is 390 g/mol. The van der Waals surface area contributed by atoms with E-state index in [2.05, 4.69) is 5.32 Å². The number of anilines is 1. The molecule has 1 aliphatic heterocycles. The first-order valence-corrected chi connectivity index (χ1v) is 9.23. The summed E-state index contributed by atoms with van der Waals surface area (Å²) in [5.74, 6) is -0.852. The second-order valence-electron chi connectivity index (χ2n) is 6.78. The van der Waals surface area contributed by atoms with Crippen molar-refractivity contribution in [2.75, 3.05) is 18.4 Å². The highest BCUT2D eigenvalue weighted by atomic mass is 19.4. The number of para-hydroxylation sites is 1. The van der Waals surface area contributed by atoms with Crippen molar-refractivity contribution in [1.29, 1.82) is 0 Å². The van der Waals surface area contributed by atoms with E-state index >= 15 is 0 Å². The third-order valence-corrected chi connectivity index (χ3v) is 4.75. The number of carbonyl (C=O) groups is 2. The zero-order valence-corrected chi connectivity index (χ0v) is 15.3. The number of nitrogens with one attached hydrogen (secondary N) is 1. The fourth-order valence-corrected chi connectivity index (χ4v) is 3.28. The van der Waals surface area contributed by atoms with Gasteiger partial charge in [-0.2, -0.15) is 13.2 Å². The molecule has 2 aromatic carbocycles. The Morgan fingerprint density at radius 2 is 1.50 bits per heavy atom. The summed E-state index contributed by atoms with van der Waals surface area (Å²) >= 11 is 0. The Morgan fingerprint density at radius 3 is 2.18 bits per heavy atom. The summed E-state index contributed by atoms with van der Waals surface area (Å²) in [6.07, 6.45) is -0.509. The number of amides is 2. The van der Waals surface area contributed by atoms with Crippen LogP contribution in [-0.2, 0) is 6.18 Å². The maximum atomic E-state index is 13.1. The first-order valence-electron chi connectivity index (χ1n) is 9.23. The molecule has 28 heavy (non-hydrogen) atoms. The van der Waals surface area contributed by atoms with E-state index < -0.39 is 17.6 Å². The molecule has 3 rings (SSSR count). The van der Waals surface area contributed by atoms with Crippen molar-refractivity contribution in [2.45, 2.75) is 31.9 Å². The Balaban J connectivity index is 1.79. The third-order valence-electron chi connectivity index (χ3n) is 4.75. The zero-order chi connectivity index (χ0) is 20.1. The van der Waals surface area contributed by atoms with Gasteiger partial charge in [0.1, 0.15) is 0 Å². The largest absolute Gasteiger partial charge is 0.418 e. The van der Waals surface area contributed by atoms with E-state index in [4.69, 9.17) is 0 Å².